The van der Waals surface area contributed by atoms with Crippen molar-refractivity contribution in [3.05, 3.63) is 76.7 Å². The van der Waals surface area contributed by atoms with Crippen molar-refractivity contribution in [3.8, 4) is 22.6 Å². The summed E-state index contributed by atoms with van der Waals surface area (Å²) < 4.78 is 10.4. The zero-order chi connectivity index (χ0) is 18.5. The first kappa shape index (κ1) is 17.3. The normalized spacial score (nSPS) is 10.2. The maximum atomic E-state index is 12.8. The first-order valence-corrected chi connectivity index (χ1v) is 7.94. The highest BCUT2D eigenvalue weighted by atomic mass is 16.5. The molecule has 0 aliphatic carbocycles. The smallest absolute Gasteiger partial charge is 0.261 e. The van der Waals surface area contributed by atoms with Gasteiger partial charge in [0.2, 0.25) is 0 Å². The summed E-state index contributed by atoms with van der Waals surface area (Å²) in [6.45, 7) is 0. The number of hydrogen-bond acceptors (Lipinski definition) is 4. The van der Waals surface area contributed by atoms with Crippen LogP contribution < -0.4 is 20.3 Å². The number of methoxy groups -OCH3 is 2. The summed E-state index contributed by atoms with van der Waals surface area (Å²) in [7, 11) is 3.05. The number of pyridine rings is 1. The molecule has 2 aromatic carbocycles. The van der Waals surface area contributed by atoms with E-state index in [4.69, 9.17) is 9.47 Å². The number of rotatable bonds is 5. The maximum absolute atomic E-state index is 12.8. The Kier molecular flexibility index (Phi) is 5.03. The number of carbonyl (C=O) groups is 1. The second-order valence-corrected chi connectivity index (χ2v) is 5.49. The molecule has 0 saturated carbocycles. The molecule has 0 bridgehead atoms. The zero-order valence-corrected chi connectivity index (χ0v) is 14.4. The van der Waals surface area contributed by atoms with E-state index in [1.165, 1.54) is 20.4 Å². The number of amides is 1. The lowest BCUT2D eigenvalue weighted by atomic mass is 10.0. The van der Waals surface area contributed by atoms with Crippen LogP contribution in [0.3, 0.4) is 0 Å². The van der Waals surface area contributed by atoms with E-state index < -0.39 is 11.5 Å². The number of nitrogens with one attached hydrogen (secondary N) is 2. The Morgan fingerprint density at radius 1 is 0.962 bits per heavy atom. The van der Waals surface area contributed by atoms with Gasteiger partial charge >= 0.3 is 0 Å². The summed E-state index contributed by atoms with van der Waals surface area (Å²) in [4.78, 5) is 27.6. The maximum Gasteiger partial charge on any atom is 0.261 e. The fourth-order valence-corrected chi connectivity index (χ4v) is 2.67. The first-order valence-electron chi connectivity index (χ1n) is 7.94. The third kappa shape index (κ3) is 3.44. The highest BCUT2D eigenvalue weighted by Gasteiger charge is 2.18. The van der Waals surface area contributed by atoms with Crippen molar-refractivity contribution in [2.75, 3.05) is 19.5 Å². The number of anilines is 1. The van der Waals surface area contributed by atoms with E-state index in [-0.39, 0.29) is 5.56 Å². The number of H-pyrrole nitrogens is 1. The number of benzene rings is 2. The molecule has 0 aliphatic rings. The minimum Gasteiger partial charge on any atom is -0.493 e. The molecule has 3 aromatic rings. The number of aromatic amines is 1. The molecule has 3 rings (SSSR count). The monoisotopic (exact) mass is 350 g/mol. The van der Waals surface area contributed by atoms with E-state index in [1.54, 1.807) is 24.3 Å². The van der Waals surface area contributed by atoms with E-state index in [2.05, 4.69) is 10.3 Å². The van der Waals surface area contributed by atoms with E-state index in [1.807, 2.05) is 30.3 Å². The SMILES string of the molecule is COc1ccc(NC(=O)c2c(-c3ccccc3)cc[nH]c2=O)cc1OC. The molecule has 0 fully saturated rings. The average Bonchev–Trinajstić information content (AvgIpc) is 2.68. The Morgan fingerprint density at radius 3 is 2.38 bits per heavy atom. The molecule has 0 unspecified atom stereocenters. The van der Waals surface area contributed by atoms with Gasteiger partial charge in [0.15, 0.2) is 11.5 Å². The van der Waals surface area contributed by atoms with Gasteiger partial charge in [0, 0.05) is 23.5 Å². The van der Waals surface area contributed by atoms with Crippen LogP contribution in [0.1, 0.15) is 10.4 Å². The second-order valence-electron chi connectivity index (χ2n) is 5.49. The Labute approximate surface area is 150 Å². The van der Waals surface area contributed by atoms with Gasteiger partial charge in [-0.2, -0.15) is 0 Å². The Morgan fingerprint density at radius 2 is 1.69 bits per heavy atom. The summed E-state index contributed by atoms with van der Waals surface area (Å²) in [5, 5.41) is 2.74. The van der Waals surface area contributed by atoms with Crippen molar-refractivity contribution >= 4 is 11.6 Å². The molecule has 6 nitrogen and oxygen atoms in total. The van der Waals surface area contributed by atoms with E-state index in [0.717, 1.165) is 5.56 Å². The van der Waals surface area contributed by atoms with Gasteiger partial charge in [-0.25, -0.2) is 0 Å². The Bertz CT molecular complexity index is 981. The lowest BCUT2D eigenvalue weighted by molar-refractivity contribution is 0.102. The molecular weight excluding hydrogens is 332 g/mol. The van der Waals surface area contributed by atoms with Crippen molar-refractivity contribution in [2.24, 2.45) is 0 Å². The van der Waals surface area contributed by atoms with Gasteiger partial charge in [0.1, 0.15) is 5.56 Å². The van der Waals surface area contributed by atoms with Gasteiger partial charge in [-0.3, -0.25) is 9.59 Å². The van der Waals surface area contributed by atoms with Crippen LogP contribution in [0.25, 0.3) is 11.1 Å². The molecule has 1 aromatic heterocycles. The van der Waals surface area contributed by atoms with E-state index >= 15 is 0 Å². The van der Waals surface area contributed by atoms with Crippen LogP contribution in [0.2, 0.25) is 0 Å². The summed E-state index contributed by atoms with van der Waals surface area (Å²) >= 11 is 0. The van der Waals surface area contributed by atoms with Crippen molar-refractivity contribution in [2.45, 2.75) is 0 Å². The van der Waals surface area contributed by atoms with Crippen LogP contribution in [0.4, 0.5) is 5.69 Å². The fraction of sp³-hybridized carbons (Fsp3) is 0.100. The minimum absolute atomic E-state index is 0.0495. The van der Waals surface area contributed by atoms with Crippen LogP contribution in [0, 0.1) is 0 Å². The fourth-order valence-electron chi connectivity index (χ4n) is 2.67. The molecule has 2 N–H and O–H groups in total. The third-order valence-electron chi connectivity index (χ3n) is 3.91. The first-order chi connectivity index (χ1) is 12.6. The van der Waals surface area contributed by atoms with Gasteiger partial charge in [0.05, 0.1) is 14.2 Å². The molecule has 0 radical (unpaired) electrons. The van der Waals surface area contributed by atoms with Crippen LogP contribution in [0.15, 0.2) is 65.6 Å². The topological polar surface area (TPSA) is 80.4 Å². The van der Waals surface area contributed by atoms with E-state index in [0.29, 0.717) is 22.7 Å². The van der Waals surface area contributed by atoms with Crippen molar-refractivity contribution in [3.63, 3.8) is 0 Å². The number of ether oxygens (including phenoxy) is 2. The summed E-state index contributed by atoms with van der Waals surface area (Å²) in [5.41, 5.74) is 1.44. The lowest BCUT2D eigenvalue weighted by Gasteiger charge is -2.12. The Balaban J connectivity index is 1.98. The molecule has 0 aliphatic heterocycles. The van der Waals surface area contributed by atoms with E-state index in [9.17, 15) is 9.59 Å². The third-order valence-corrected chi connectivity index (χ3v) is 3.91. The quantitative estimate of drug-likeness (QED) is 0.740. The molecule has 1 amide bonds. The zero-order valence-electron chi connectivity index (χ0n) is 14.4. The summed E-state index contributed by atoms with van der Waals surface area (Å²) in [5.74, 6) is 0.529. The predicted octanol–water partition coefficient (Wildman–Crippen LogP) is 3.31. The number of aromatic nitrogens is 1. The second kappa shape index (κ2) is 7.57. The van der Waals surface area contributed by atoms with Crippen LogP contribution in [-0.4, -0.2) is 25.1 Å². The van der Waals surface area contributed by atoms with Crippen LogP contribution in [0.5, 0.6) is 11.5 Å². The van der Waals surface area contributed by atoms with Crippen molar-refractivity contribution in [1.82, 2.24) is 4.98 Å². The standard InChI is InChI=1S/C20H18N2O4/c1-25-16-9-8-14(12-17(16)26-2)22-20(24)18-15(10-11-21-19(18)23)13-6-4-3-5-7-13/h3-12H,1-2H3,(H,21,23)(H,22,24). The molecule has 1 heterocycles. The van der Waals surface area contributed by atoms with Crippen LogP contribution >= 0.6 is 0 Å². The van der Waals surface area contributed by atoms with Crippen LogP contribution in [-0.2, 0) is 0 Å². The molecule has 0 saturated heterocycles. The number of carbonyl (C=O) groups excluding carboxylic acids is 1. The highest BCUT2D eigenvalue weighted by molar-refractivity contribution is 6.08. The largest absolute Gasteiger partial charge is 0.493 e. The number of hydrogen-bond donors (Lipinski definition) is 2. The summed E-state index contributed by atoms with van der Waals surface area (Å²) in [6, 6.07) is 16.0. The molecule has 0 spiro atoms. The molecule has 0 atom stereocenters. The molecule has 6 heteroatoms. The lowest BCUT2D eigenvalue weighted by Crippen LogP contribution is -2.24. The molecular formula is C20H18N2O4. The summed E-state index contributed by atoms with van der Waals surface area (Å²) in [6.07, 6.45) is 1.53. The van der Waals surface area contributed by atoms with Gasteiger partial charge in [-0.05, 0) is 23.8 Å². The van der Waals surface area contributed by atoms with Gasteiger partial charge in [0.25, 0.3) is 11.5 Å². The molecule has 132 valence electrons. The van der Waals surface area contributed by atoms with Gasteiger partial charge < -0.3 is 19.8 Å². The highest BCUT2D eigenvalue weighted by Crippen LogP contribution is 2.30. The average molecular weight is 350 g/mol. The Hall–Kier alpha value is -3.54. The predicted molar refractivity (Wildman–Crippen MR) is 100.0 cm³/mol. The molecule has 26 heavy (non-hydrogen) atoms. The van der Waals surface area contributed by atoms with Gasteiger partial charge in [-0.15, -0.1) is 0 Å². The minimum atomic E-state index is -0.502. The van der Waals surface area contributed by atoms with Crippen molar-refractivity contribution in [1.29, 1.82) is 0 Å². The van der Waals surface area contributed by atoms with Gasteiger partial charge in [-0.1, -0.05) is 30.3 Å². The van der Waals surface area contributed by atoms with Crippen molar-refractivity contribution < 1.29 is 14.3 Å².